The van der Waals surface area contributed by atoms with Crippen molar-refractivity contribution >= 4 is 40.6 Å². The minimum atomic E-state index is -0.533. The molecule has 0 saturated carbocycles. The molecule has 0 saturated heterocycles. The lowest BCUT2D eigenvalue weighted by molar-refractivity contribution is 0.100. The molecule has 3 N–H and O–H groups in total. The van der Waals surface area contributed by atoms with E-state index < -0.39 is 5.91 Å². The van der Waals surface area contributed by atoms with Crippen LogP contribution in [0.5, 0.6) is 5.75 Å². The molecule has 2 aromatic carbocycles. The Morgan fingerprint density at radius 3 is 2.72 bits per heavy atom. The number of carbonyl (C=O) groups excluding carboxylic acids is 1. The van der Waals surface area contributed by atoms with Gasteiger partial charge in [-0.05, 0) is 44.0 Å². The van der Waals surface area contributed by atoms with E-state index in [1.54, 1.807) is 31.5 Å². The maximum absolute atomic E-state index is 11.8. The molecule has 29 heavy (non-hydrogen) atoms. The zero-order chi connectivity index (χ0) is 20.8. The number of carbonyl (C=O) groups is 1. The number of allylic oxidation sites excluding steroid dienone is 3. The molecule has 0 bridgehead atoms. The minimum Gasteiger partial charge on any atom is -0.497 e. The number of aliphatic imine (C=N–C) groups is 1. The highest BCUT2D eigenvalue weighted by Crippen LogP contribution is 2.30. The molecular weight excluding hydrogens is 366 g/mol. The van der Waals surface area contributed by atoms with Crippen LogP contribution in [0.1, 0.15) is 23.1 Å². The van der Waals surface area contributed by atoms with Gasteiger partial charge in [0.05, 0.1) is 23.9 Å². The van der Waals surface area contributed by atoms with Gasteiger partial charge in [-0.1, -0.05) is 24.3 Å². The molecule has 1 aromatic heterocycles. The molecule has 7 nitrogen and oxygen atoms in total. The third-order valence-corrected chi connectivity index (χ3v) is 4.18. The SMILES string of the molecule is C=N/C=C(\C=C/C)c1nc(Nc2ccccc2C(N)=O)c2cc(OC)ccc2n1. The summed E-state index contributed by atoms with van der Waals surface area (Å²) < 4.78 is 5.34. The Labute approximate surface area is 168 Å². The van der Waals surface area contributed by atoms with Gasteiger partial charge in [-0.25, -0.2) is 9.97 Å². The van der Waals surface area contributed by atoms with Crippen LogP contribution in [0.3, 0.4) is 0 Å². The van der Waals surface area contributed by atoms with Gasteiger partial charge in [-0.15, -0.1) is 0 Å². The fourth-order valence-corrected chi connectivity index (χ4v) is 2.85. The number of methoxy groups -OCH3 is 1. The lowest BCUT2D eigenvalue weighted by Crippen LogP contribution is -2.13. The summed E-state index contributed by atoms with van der Waals surface area (Å²) in [4.78, 5) is 25.0. The van der Waals surface area contributed by atoms with Crippen molar-refractivity contribution in [1.82, 2.24) is 9.97 Å². The van der Waals surface area contributed by atoms with E-state index >= 15 is 0 Å². The molecule has 0 fully saturated rings. The number of benzene rings is 2. The lowest BCUT2D eigenvalue weighted by atomic mass is 10.1. The van der Waals surface area contributed by atoms with Gasteiger partial charge in [-0.2, -0.15) is 0 Å². The topological polar surface area (TPSA) is 102 Å². The van der Waals surface area contributed by atoms with Crippen molar-refractivity contribution in [2.45, 2.75) is 6.92 Å². The molecule has 0 spiro atoms. The van der Waals surface area contributed by atoms with Crippen LogP contribution in [0.15, 0.2) is 65.8 Å². The number of aromatic nitrogens is 2. The van der Waals surface area contributed by atoms with Crippen LogP contribution in [-0.4, -0.2) is 29.7 Å². The quantitative estimate of drug-likeness (QED) is 0.469. The predicted molar refractivity (Wildman–Crippen MR) is 117 cm³/mol. The number of hydrogen-bond donors (Lipinski definition) is 2. The maximum atomic E-state index is 11.8. The number of nitrogens with one attached hydrogen (secondary N) is 1. The number of ether oxygens (including phenoxy) is 1. The fourth-order valence-electron chi connectivity index (χ4n) is 2.85. The molecule has 0 aliphatic heterocycles. The largest absolute Gasteiger partial charge is 0.497 e. The van der Waals surface area contributed by atoms with Crippen LogP contribution in [0.4, 0.5) is 11.5 Å². The van der Waals surface area contributed by atoms with E-state index in [4.69, 9.17) is 10.5 Å². The van der Waals surface area contributed by atoms with Crippen molar-refractivity contribution in [3.05, 3.63) is 72.2 Å². The molecule has 1 amide bonds. The Bertz CT molecular complexity index is 1140. The van der Waals surface area contributed by atoms with E-state index in [-0.39, 0.29) is 0 Å². The predicted octanol–water partition coefficient (Wildman–Crippen LogP) is 4.10. The molecule has 0 atom stereocenters. The molecule has 1 heterocycles. The van der Waals surface area contributed by atoms with Crippen molar-refractivity contribution in [1.29, 1.82) is 0 Å². The normalized spacial score (nSPS) is 11.6. The first kappa shape index (κ1) is 19.8. The first-order chi connectivity index (χ1) is 14.1. The van der Waals surface area contributed by atoms with Crippen LogP contribution >= 0.6 is 0 Å². The summed E-state index contributed by atoms with van der Waals surface area (Å²) in [6, 6.07) is 12.5. The molecule has 7 heteroatoms. The number of fused-ring (bicyclic) bond motifs is 1. The Morgan fingerprint density at radius 2 is 2.03 bits per heavy atom. The van der Waals surface area contributed by atoms with Crippen LogP contribution in [0, 0.1) is 0 Å². The van der Waals surface area contributed by atoms with Gasteiger partial charge < -0.3 is 15.8 Å². The van der Waals surface area contributed by atoms with Crippen LogP contribution in [-0.2, 0) is 0 Å². The molecule has 0 unspecified atom stereocenters. The van der Waals surface area contributed by atoms with Gasteiger partial charge in [0.15, 0.2) is 5.82 Å². The molecule has 0 aliphatic carbocycles. The number of hydrogen-bond acceptors (Lipinski definition) is 6. The summed E-state index contributed by atoms with van der Waals surface area (Å²) in [5, 5.41) is 3.96. The Morgan fingerprint density at radius 1 is 1.24 bits per heavy atom. The van der Waals surface area contributed by atoms with Crippen LogP contribution in [0.2, 0.25) is 0 Å². The molecule has 3 aromatic rings. The molecule has 0 radical (unpaired) electrons. The summed E-state index contributed by atoms with van der Waals surface area (Å²) in [6.45, 7) is 5.41. The standard InChI is InChI=1S/C22H21N5O2/c1-4-7-14(13-24-2)21-25-19-11-10-15(29-3)12-17(19)22(27-21)26-18-9-6-5-8-16(18)20(23)28/h4-13H,2H2,1,3H3,(H2,23,28)(H,25,26,27)/b7-4-,14-13+. The summed E-state index contributed by atoms with van der Waals surface area (Å²) in [5.74, 6) is 1.11. The zero-order valence-corrected chi connectivity index (χ0v) is 16.2. The van der Waals surface area contributed by atoms with Crippen molar-refractivity contribution in [2.24, 2.45) is 10.7 Å². The second-order valence-electron chi connectivity index (χ2n) is 6.08. The summed E-state index contributed by atoms with van der Waals surface area (Å²) >= 11 is 0. The Hall–Kier alpha value is -4.00. The summed E-state index contributed by atoms with van der Waals surface area (Å²) in [6.07, 6.45) is 5.31. The first-order valence-corrected chi connectivity index (χ1v) is 8.88. The fraction of sp³-hybridized carbons (Fsp3) is 0.0909. The Balaban J connectivity index is 2.24. The average Bonchev–Trinajstić information content (AvgIpc) is 2.73. The van der Waals surface area contributed by atoms with Gasteiger partial charge in [0.2, 0.25) is 0 Å². The van der Waals surface area contributed by atoms with Crippen LogP contribution < -0.4 is 15.8 Å². The number of nitrogens with two attached hydrogens (primary N) is 1. The number of rotatable bonds is 7. The van der Waals surface area contributed by atoms with Gasteiger partial charge >= 0.3 is 0 Å². The monoisotopic (exact) mass is 387 g/mol. The minimum absolute atomic E-state index is 0.362. The first-order valence-electron chi connectivity index (χ1n) is 8.88. The van der Waals surface area contributed by atoms with Crippen molar-refractivity contribution in [3.63, 3.8) is 0 Å². The van der Waals surface area contributed by atoms with Crippen molar-refractivity contribution in [2.75, 3.05) is 12.4 Å². The van der Waals surface area contributed by atoms with Gasteiger partial charge in [0.1, 0.15) is 11.6 Å². The second kappa shape index (κ2) is 8.79. The smallest absolute Gasteiger partial charge is 0.250 e. The summed E-state index contributed by atoms with van der Waals surface area (Å²) in [5.41, 5.74) is 7.83. The lowest BCUT2D eigenvalue weighted by Gasteiger charge is -2.14. The number of amides is 1. The third kappa shape index (κ3) is 4.30. The van der Waals surface area contributed by atoms with Crippen molar-refractivity contribution < 1.29 is 9.53 Å². The second-order valence-corrected chi connectivity index (χ2v) is 6.08. The van der Waals surface area contributed by atoms with E-state index in [0.717, 1.165) is 5.39 Å². The molecular formula is C22H21N5O2. The third-order valence-electron chi connectivity index (χ3n) is 4.18. The van der Waals surface area contributed by atoms with E-state index in [1.165, 1.54) is 0 Å². The van der Waals surface area contributed by atoms with E-state index in [0.29, 0.717) is 39.7 Å². The number of anilines is 2. The highest BCUT2D eigenvalue weighted by atomic mass is 16.5. The van der Waals surface area contributed by atoms with Gasteiger partial charge in [0.25, 0.3) is 5.91 Å². The number of primary amides is 1. The Kier molecular flexibility index (Phi) is 5.99. The highest BCUT2D eigenvalue weighted by Gasteiger charge is 2.14. The van der Waals surface area contributed by atoms with Gasteiger partial charge in [-0.3, -0.25) is 9.79 Å². The van der Waals surface area contributed by atoms with E-state index in [9.17, 15) is 4.79 Å². The number of nitrogens with zero attached hydrogens (tertiary/aromatic N) is 3. The van der Waals surface area contributed by atoms with Crippen molar-refractivity contribution in [3.8, 4) is 5.75 Å². The maximum Gasteiger partial charge on any atom is 0.250 e. The summed E-state index contributed by atoms with van der Waals surface area (Å²) in [7, 11) is 1.59. The zero-order valence-electron chi connectivity index (χ0n) is 16.2. The van der Waals surface area contributed by atoms with E-state index in [1.807, 2.05) is 43.3 Å². The highest BCUT2D eigenvalue weighted by molar-refractivity contribution is 6.01. The van der Waals surface area contributed by atoms with Gasteiger partial charge in [0, 0.05) is 17.2 Å². The average molecular weight is 387 g/mol. The number of para-hydroxylation sites is 1. The molecule has 3 rings (SSSR count). The van der Waals surface area contributed by atoms with E-state index in [2.05, 4.69) is 27.0 Å². The molecule has 146 valence electrons. The molecule has 0 aliphatic rings. The van der Waals surface area contributed by atoms with Crippen LogP contribution in [0.25, 0.3) is 16.5 Å².